The van der Waals surface area contributed by atoms with E-state index in [1.807, 2.05) is 0 Å². The van der Waals surface area contributed by atoms with Gasteiger partial charge in [-0.1, -0.05) is 0 Å². The van der Waals surface area contributed by atoms with Crippen LogP contribution in [0.25, 0.3) is 10.9 Å². The van der Waals surface area contributed by atoms with E-state index in [-0.39, 0.29) is 11.6 Å². The van der Waals surface area contributed by atoms with E-state index in [4.69, 9.17) is 0 Å². The number of benzene rings is 1. The highest BCUT2D eigenvalue weighted by molar-refractivity contribution is 9.10. The second-order valence-electron chi connectivity index (χ2n) is 2.63. The highest BCUT2D eigenvalue weighted by Crippen LogP contribution is 2.26. The molecule has 4 heteroatoms. The van der Waals surface area contributed by atoms with Crippen molar-refractivity contribution in [3.05, 3.63) is 34.7 Å². The molecule has 13 heavy (non-hydrogen) atoms. The Morgan fingerprint density at radius 3 is 2.85 bits per heavy atom. The molecule has 66 valence electrons. The molecule has 0 spiro atoms. The van der Waals surface area contributed by atoms with Crippen molar-refractivity contribution in [3.8, 4) is 5.75 Å². The molecule has 1 aromatic carbocycles. The molecule has 0 saturated carbocycles. The van der Waals surface area contributed by atoms with Gasteiger partial charge in [0, 0.05) is 11.5 Å². The minimum atomic E-state index is -0.382. The summed E-state index contributed by atoms with van der Waals surface area (Å²) in [6, 6.07) is 5.52. The Morgan fingerprint density at radius 2 is 2.08 bits per heavy atom. The van der Waals surface area contributed by atoms with Crippen LogP contribution in [0.2, 0.25) is 0 Å². The third kappa shape index (κ3) is 1.49. The summed E-state index contributed by atoms with van der Waals surface area (Å²) in [5.74, 6) is -0.358. The van der Waals surface area contributed by atoms with Crippen molar-refractivity contribution in [2.24, 2.45) is 0 Å². The van der Waals surface area contributed by atoms with Crippen molar-refractivity contribution in [1.82, 2.24) is 4.98 Å². The van der Waals surface area contributed by atoms with Crippen LogP contribution in [0, 0.1) is 5.82 Å². The van der Waals surface area contributed by atoms with Crippen molar-refractivity contribution < 1.29 is 9.50 Å². The fourth-order valence-corrected chi connectivity index (χ4v) is 1.56. The van der Waals surface area contributed by atoms with Gasteiger partial charge in [-0.15, -0.1) is 0 Å². The van der Waals surface area contributed by atoms with Gasteiger partial charge in [0.15, 0.2) is 0 Å². The van der Waals surface area contributed by atoms with Gasteiger partial charge >= 0.3 is 0 Å². The van der Waals surface area contributed by atoms with Gasteiger partial charge in [0.1, 0.15) is 16.2 Å². The number of hydrogen-bond donors (Lipinski definition) is 1. The first-order chi connectivity index (χ1) is 6.16. The third-order valence-corrected chi connectivity index (χ3v) is 2.12. The van der Waals surface area contributed by atoms with E-state index < -0.39 is 0 Å². The summed E-state index contributed by atoms with van der Waals surface area (Å²) in [6.07, 6.45) is 0. The molecule has 2 rings (SSSR count). The summed E-state index contributed by atoms with van der Waals surface area (Å²) in [7, 11) is 0. The molecule has 0 bridgehead atoms. The normalized spacial score (nSPS) is 10.6. The average molecular weight is 242 g/mol. The van der Waals surface area contributed by atoms with Crippen molar-refractivity contribution in [2.75, 3.05) is 0 Å². The van der Waals surface area contributed by atoms with E-state index in [2.05, 4.69) is 20.9 Å². The maximum Gasteiger partial charge on any atom is 0.127 e. The van der Waals surface area contributed by atoms with Crippen LogP contribution in [0.1, 0.15) is 0 Å². The van der Waals surface area contributed by atoms with E-state index in [0.29, 0.717) is 15.5 Å². The molecule has 0 aliphatic heterocycles. The monoisotopic (exact) mass is 241 g/mol. The molecular formula is C9H5BrFNO. The Balaban J connectivity index is 2.87. The molecule has 0 aliphatic rings. The summed E-state index contributed by atoms with van der Waals surface area (Å²) in [4.78, 5) is 4.07. The van der Waals surface area contributed by atoms with Crippen LogP contribution in [-0.2, 0) is 0 Å². The quantitative estimate of drug-likeness (QED) is 0.720. The minimum absolute atomic E-state index is 0.0244. The van der Waals surface area contributed by atoms with E-state index in [0.717, 1.165) is 0 Å². The number of aromatic hydroxyl groups is 1. The van der Waals surface area contributed by atoms with Gasteiger partial charge in [-0.3, -0.25) is 0 Å². The standard InChI is InChI=1S/C9H5BrFNO/c10-9-4-8(13)6-3-5(11)1-2-7(6)12-9/h1-4H,(H,12,13). The topological polar surface area (TPSA) is 33.1 Å². The molecule has 0 aliphatic carbocycles. The van der Waals surface area contributed by atoms with Crippen molar-refractivity contribution in [1.29, 1.82) is 0 Å². The largest absolute Gasteiger partial charge is 0.507 e. The van der Waals surface area contributed by atoms with E-state index in [1.165, 1.54) is 24.3 Å². The second kappa shape index (κ2) is 2.96. The summed E-state index contributed by atoms with van der Waals surface area (Å²) in [5, 5.41) is 9.86. The molecular weight excluding hydrogens is 237 g/mol. The lowest BCUT2D eigenvalue weighted by atomic mass is 10.2. The lowest BCUT2D eigenvalue weighted by molar-refractivity contribution is 0.480. The van der Waals surface area contributed by atoms with E-state index in [1.54, 1.807) is 0 Å². The highest BCUT2D eigenvalue weighted by Gasteiger charge is 2.03. The summed E-state index contributed by atoms with van der Waals surface area (Å²) >= 11 is 3.14. The summed E-state index contributed by atoms with van der Waals surface area (Å²) in [5.41, 5.74) is 0.563. The van der Waals surface area contributed by atoms with E-state index in [9.17, 15) is 9.50 Å². The van der Waals surface area contributed by atoms with Gasteiger partial charge in [0.2, 0.25) is 0 Å². The molecule has 2 aromatic rings. The molecule has 1 N–H and O–H groups in total. The number of hydrogen-bond acceptors (Lipinski definition) is 2. The maximum atomic E-state index is 12.8. The van der Waals surface area contributed by atoms with Crippen LogP contribution in [0.3, 0.4) is 0 Å². The first kappa shape index (κ1) is 8.44. The number of pyridine rings is 1. The van der Waals surface area contributed by atoms with Gasteiger partial charge in [0.25, 0.3) is 0 Å². The van der Waals surface area contributed by atoms with Crippen LogP contribution in [0.5, 0.6) is 5.75 Å². The number of fused-ring (bicyclic) bond motifs is 1. The predicted octanol–water partition coefficient (Wildman–Crippen LogP) is 2.84. The van der Waals surface area contributed by atoms with Crippen LogP contribution in [0.4, 0.5) is 4.39 Å². The third-order valence-electron chi connectivity index (χ3n) is 1.72. The first-order valence-corrected chi connectivity index (χ1v) is 4.41. The first-order valence-electron chi connectivity index (χ1n) is 3.61. The van der Waals surface area contributed by atoms with Crippen molar-refractivity contribution in [3.63, 3.8) is 0 Å². The van der Waals surface area contributed by atoms with Crippen LogP contribution in [-0.4, -0.2) is 10.1 Å². The highest BCUT2D eigenvalue weighted by atomic mass is 79.9. The smallest absolute Gasteiger partial charge is 0.127 e. The Kier molecular flexibility index (Phi) is 1.92. The molecule has 0 radical (unpaired) electrons. The van der Waals surface area contributed by atoms with Crippen LogP contribution >= 0.6 is 15.9 Å². The fourth-order valence-electron chi connectivity index (χ4n) is 1.15. The zero-order valence-corrected chi connectivity index (χ0v) is 8.05. The number of rotatable bonds is 0. The Labute approximate surface area is 82.2 Å². The molecule has 0 saturated heterocycles. The van der Waals surface area contributed by atoms with Gasteiger partial charge in [0.05, 0.1) is 5.52 Å². The number of halogens is 2. The summed E-state index contributed by atoms with van der Waals surface area (Å²) in [6.45, 7) is 0. The zero-order chi connectivity index (χ0) is 9.42. The van der Waals surface area contributed by atoms with Crippen molar-refractivity contribution >= 4 is 26.8 Å². The maximum absolute atomic E-state index is 12.8. The number of aromatic nitrogens is 1. The van der Waals surface area contributed by atoms with Gasteiger partial charge in [-0.25, -0.2) is 9.37 Å². The molecule has 2 nitrogen and oxygen atoms in total. The predicted molar refractivity (Wildman–Crippen MR) is 51.1 cm³/mol. The Bertz CT molecular complexity index is 472. The Morgan fingerprint density at radius 1 is 1.31 bits per heavy atom. The fraction of sp³-hybridized carbons (Fsp3) is 0. The molecule has 0 amide bonds. The second-order valence-corrected chi connectivity index (χ2v) is 3.44. The zero-order valence-electron chi connectivity index (χ0n) is 6.46. The van der Waals surface area contributed by atoms with Gasteiger partial charge < -0.3 is 5.11 Å². The van der Waals surface area contributed by atoms with Crippen LogP contribution in [0.15, 0.2) is 28.9 Å². The van der Waals surface area contributed by atoms with Crippen LogP contribution < -0.4 is 0 Å². The molecule has 0 unspecified atom stereocenters. The molecule has 1 aromatic heterocycles. The average Bonchev–Trinajstić information content (AvgIpc) is 2.06. The van der Waals surface area contributed by atoms with Gasteiger partial charge in [-0.05, 0) is 34.1 Å². The SMILES string of the molecule is Oc1cc(Br)nc2ccc(F)cc12. The number of nitrogens with zero attached hydrogens (tertiary/aromatic N) is 1. The molecule has 1 heterocycles. The van der Waals surface area contributed by atoms with E-state index >= 15 is 0 Å². The molecule has 0 atom stereocenters. The lowest BCUT2D eigenvalue weighted by Gasteiger charge is -2.00. The van der Waals surface area contributed by atoms with Crippen molar-refractivity contribution in [2.45, 2.75) is 0 Å². The lowest BCUT2D eigenvalue weighted by Crippen LogP contribution is -1.82. The van der Waals surface area contributed by atoms with Gasteiger partial charge in [-0.2, -0.15) is 0 Å². The molecule has 0 fully saturated rings. The summed E-state index contributed by atoms with van der Waals surface area (Å²) < 4.78 is 13.3. The minimum Gasteiger partial charge on any atom is -0.507 e. The Hall–Kier alpha value is -1.16.